The molecule has 0 saturated carbocycles. The maximum atomic E-state index is 12.3. The van der Waals surface area contributed by atoms with E-state index in [2.05, 4.69) is 59.3 Å². The van der Waals surface area contributed by atoms with Gasteiger partial charge in [-0.2, -0.15) is 0 Å². The van der Waals surface area contributed by atoms with E-state index in [1.807, 2.05) is 20.8 Å². The van der Waals surface area contributed by atoms with Gasteiger partial charge in [0.05, 0.1) is 4.88 Å². The molecular weight excluding hydrogens is 304 g/mol. The highest BCUT2D eigenvalue weighted by Gasteiger charge is 2.25. The molecule has 1 amide bonds. The Morgan fingerprint density at radius 3 is 2.39 bits per heavy atom. The molecule has 2 rings (SSSR count). The standard InChI is InChI=1S/C19H26N2OS/c1-5-15-8-10-16(11-9-15)18(17-7-6-12-23-17)21-14(4)19(22)20-13(2)3/h6-14,18,21H,5H2,1-4H3,(H,20,22)/p+1/t14-,18-/m1/s1. The molecule has 0 aliphatic heterocycles. The zero-order valence-corrected chi connectivity index (χ0v) is 15.2. The van der Waals surface area contributed by atoms with E-state index in [1.165, 1.54) is 16.0 Å². The fraction of sp³-hybridized carbons (Fsp3) is 0.421. The molecule has 1 aromatic carbocycles. The molecule has 23 heavy (non-hydrogen) atoms. The van der Waals surface area contributed by atoms with Crippen molar-refractivity contribution in [3.8, 4) is 0 Å². The molecule has 0 aliphatic rings. The third-order valence-electron chi connectivity index (χ3n) is 3.92. The number of rotatable bonds is 7. The van der Waals surface area contributed by atoms with Gasteiger partial charge in [0.2, 0.25) is 0 Å². The second kappa shape index (κ2) is 8.27. The Balaban J connectivity index is 2.19. The molecule has 0 fully saturated rings. The Morgan fingerprint density at radius 2 is 1.87 bits per heavy atom. The average molecular weight is 332 g/mol. The number of aryl methyl sites for hydroxylation is 1. The third kappa shape index (κ3) is 4.91. The number of hydrogen-bond donors (Lipinski definition) is 2. The van der Waals surface area contributed by atoms with E-state index in [0.717, 1.165) is 6.42 Å². The second-order valence-corrected chi connectivity index (χ2v) is 7.21. The molecule has 1 aromatic heterocycles. The average Bonchev–Trinajstić information content (AvgIpc) is 3.06. The molecule has 0 bridgehead atoms. The van der Waals surface area contributed by atoms with E-state index in [-0.39, 0.29) is 24.0 Å². The van der Waals surface area contributed by atoms with Crippen LogP contribution in [0.4, 0.5) is 0 Å². The lowest BCUT2D eigenvalue weighted by Crippen LogP contribution is -2.92. The minimum absolute atomic E-state index is 0.0896. The molecule has 2 atom stereocenters. The fourth-order valence-corrected chi connectivity index (χ4v) is 3.42. The smallest absolute Gasteiger partial charge is 0.278 e. The first kappa shape index (κ1) is 17.7. The Bertz CT molecular complexity index is 605. The van der Waals surface area contributed by atoms with E-state index in [9.17, 15) is 4.79 Å². The van der Waals surface area contributed by atoms with Crippen molar-refractivity contribution < 1.29 is 10.1 Å². The van der Waals surface area contributed by atoms with Gasteiger partial charge in [0.1, 0.15) is 6.04 Å². The highest BCUT2D eigenvalue weighted by molar-refractivity contribution is 7.10. The Morgan fingerprint density at radius 1 is 1.17 bits per heavy atom. The van der Waals surface area contributed by atoms with Crippen LogP contribution >= 0.6 is 11.3 Å². The molecule has 0 saturated heterocycles. The van der Waals surface area contributed by atoms with Gasteiger partial charge >= 0.3 is 0 Å². The summed E-state index contributed by atoms with van der Waals surface area (Å²) in [4.78, 5) is 13.5. The van der Waals surface area contributed by atoms with Crippen molar-refractivity contribution in [3.63, 3.8) is 0 Å². The normalized spacial score (nSPS) is 13.8. The summed E-state index contributed by atoms with van der Waals surface area (Å²) < 4.78 is 0. The van der Waals surface area contributed by atoms with Crippen LogP contribution in [0.1, 0.15) is 49.7 Å². The third-order valence-corrected chi connectivity index (χ3v) is 4.88. The van der Waals surface area contributed by atoms with Crippen LogP contribution in [0.25, 0.3) is 0 Å². The van der Waals surface area contributed by atoms with Gasteiger partial charge in [0.25, 0.3) is 5.91 Å². The maximum absolute atomic E-state index is 12.3. The Hall–Kier alpha value is -1.65. The van der Waals surface area contributed by atoms with E-state index >= 15 is 0 Å². The van der Waals surface area contributed by atoms with E-state index in [0.29, 0.717) is 0 Å². The molecule has 124 valence electrons. The molecule has 2 aromatic rings. The summed E-state index contributed by atoms with van der Waals surface area (Å²) in [6.45, 7) is 8.12. The van der Waals surface area contributed by atoms with E-state index in [4.69, 9.17) is 0 Å². The molecule has 0 unspecified atom stereocenters. The number of amides is 1. The van der Waals surface area contributed by atoms with Crippen molar-refractivity contribution in [2.24, 2.45) is 0 Å². The predicted octanol–water partition coefficient (Wildman–Crippen LogP) is 2.88. The first-order valence-corrected chi connectivity index (χ1v) is 9.16. The molecule has 3 nitrogen and oxygen atoms in total. The van der Waals surface area contributed by atoms with Gasteiger partial charge in [-0.1, -0.05) is 37.3 Å². The van der Waals surface area contributed by atoms with E-state index < -0.39 is 0 Å². The largest absolute Gasteiger partial charge is 0.349 e. The summed E-state index contributed by atoms with van der Waals surface area (Å²) in [7, 11) is 0. The summed E-state index contributed by atoms with van der Waals surface area (Å²) >= 11 is 1.74. The topological polar surface area (TPSA) is 45.7 Å². The fourth-order valence-electron chi connectivity index (χ4n) is 2.59. The number of nitrogens with two attached hydrogens (primary N) is 1. The summed E-state index contributed by atoms with van der Waals surface area (Å²) in [6.07, 6.45) is 1.04. The first-order chi connectivity index (χ1) is 11.0. The number of thiophene rings is 1. The lowest BCUT2D eigenvalue weighted by Gasteiger charge is -2.20. The molecule has 1 heterocycles. The lowest BCUT2D eigenvalue weighted by molar-refractivity contribution is -0.704. The van der Waals surface area contributed by atoms with Gasteiger partial charge < -0.3 is 10.6 Å². The number of nitrogens with one attached hydrogen (secondary N) is 1. The number of carbonyl (C=O) groups excluding carboxylic acids is 1. The SMILES string of the molecule is CCc1ccc([C@@H]([NH2+][C@H](C)C(=O)NC(C)C)c2cccs2)cc1. The highest BCUT2D eigenvalue weighted by atomic mass is 32.1. The van der Waals surface area contributed by atoms with Crippen LogP contribution in [0.5, 0.6) is 0 Å². The molecule has 4 heteroatoms. The minimum atomic E-state index is -0.129. The van der Waals surface area contributed by atoms with Gasteiger partial charge in [0.15, 0.2) is 6.04 Å². The zero-order valence-electron chi connectivity index (χ0n) is 14.4. The van der Waals surface area contributed by atoms with Crippen LogP contribution in [0.3, 0.4) is 0 Å². The first-order valence-electron chi connectivity index (χ1n) is 8.28. The summed E-state index contributed by atoms with van der Waals surface area (Å²) in [5, 5.41) is 7.25. The molecule has 0 aliphatic carbocycles. The predicted molar refractivity (Wildman–Crippen MR) is 96.6 cm³/mol. The molecular formula is C19H27N2OS+. The number of hydrogen-bond acceptors (Lipinski definition) is 2. The molecule has 0 spiro atoms. The van der Waals surface area contributed by atoms with Crippen LogP contribution in [-0.2, 0) is 11.2 Å². The summed E-state index contributed by atoms with van der Waals surface area (Å²) in [6, 6.07) is 13.2. The van der Waals surface area contributed by atoms with Crippen molar-refractivity contribution in [1.82, 2.24) is 5.32 Å². The van der Waals surface area contributed by atoms with Crippen molar-refractivity contribution in [2.75, 3.05) is 0 Å². The Labute approximate surface area is 143 Å². The quantitative estimate of drug-likeness (QED) is 0.805. The van der Waals surface area contributed by atoms with Crippen molar-refractivity contribution in [2.45, 2.75) is 52.2 Å². The second-order valence-electron chi connectivity index (χ2n) is 6.23. The van der Waals surface area contributed by atoms with Gasteiger partial charge in [-0.25, -0.2) is 0 Å². The van der Waals surface area contributed by atoms with Crippen molar-refractivity contribution in [1.29, 1.82) is 0 Å². The van der Waals surface area contributed by atoms with Gasteiger partial charge in [-0.3, -0.25) is 4.79 Å². The molecule has 0 radical (unpaired) electrons. The van der Waals surface area contributed by atoms with Gasteiger partial charge in [-0.05, 0) is 44.2 Å². The van der Waals surface area contributed by atoms with Crippen molar-refractivity contribution in [3.05, 3.63) is 57.8 Å². The van der Waals surface area contributed by atoms with Gasteiger partial charge in [-0.15, -0.1) is 11.3 Å². The number of carbonyl (C=O) groups is 1. The summed E-state index contributed by atoms with van der Waals surface area (Å²) in [5.41, 5.74) is 2.58. The summed E-state index contributed by atoms with van der Waals surface area (Å²) in [5.74, 6) is 0.0896. The number of benzene rings is 1. The van der Waals surface area contributed by atoms with Crippen LogP contribution in [0.15, 0.2) is 41.8 Å². The number of quaternary nitrogens is 1. The lowest BCUT2D eigenvalue weighted by atomic mass is 10.0. The molecule has 3 N–H and O–H groups in total. The zero-order chi connectivity index (χ0) is 16.8. The van der Waals surface area contributed by atoms with E-state index in [1.54, 1.807) is 11.3 Å². The van der Waals surface area contributed by atoms with Crippen LogP contribution in [0, 0.1) is 0 Å². The van der Waals surface area contributed by atoms with Crippen molar-refractivity contribution >= 4 is 17.2 Å². The minimum Gasteiger partial charge on any atom is -0.349 e. The van der Waals surface area contributed by atoms with Gasteiger partial charge in [0, 0.05) is 11.6 Å². The highest BCUT2D eigenvalue weighted by Crippen LogP contribution is 2.23. The van der Waals surface area contributed by atoms with Crippen LogP contribution in [0.2, 0.25) is 0 Å². The monoisotopic (exact) mass is 331 g/mol. The van der Waals surface area contributed by atoms with Crippen LogP contribution < -0.4 is 10.6 Å². The maximum Gasteiger partial charge on any atom is 0.278 e. The Kier molecular flexibility index (Phi) is 6.37. The van der Waals surface area contributed by atoms with Crippen LogP contribution in [-0.4, -0.2) is 18.0 Å².